The molecule has 0 heterocycles. The van der Waals surface area contributed by atoms with Crippen molar-refractivity contribution in [1.29, 1.82) is 0 Å². The number of nitrogens with one attached hydrogen (secondary N) is 1. The van der Waals surface area contributed by atoms with E-state index in [4.69, 9.17) is 18.9 Å². The number of methoxy groups -OCH3 is 2. The lowest BCUT2D eigenvalue weighted by molar-refractivity contribution is -0.142. The largest absolute Gasteiger partial charge is 0.495 e. The van der Waals surface area contributed by atoms with Crippen LogP contribution in [0.2, 0.25) is 0 Å². The van der Waals surface area contributed by atoms with E-state index >= 15 is 0 Å². The van der Waals surface area contributed by atoms with Crippen molar-refractivity contribution < 1.29 is 28.5 Å². The molecule has 28 heavy (non-hydrogen) atoms. The molecule has 7 nitrogen and oxygen atoms in total. The van der Waals surface area contributed by atoms with Crippen LogP contribution in [0.3, 0.4) is 0 Å². The molecule has 0 unspecified atom stereocenters. The van der Waals surface area contributed by atoms with Crippen molar-refractivity contribution in [1.82, 2.24) is 0 Å². The number of hydrogen-bond acceptors (Lipinski definition) is 6. The van der Waals surface area contributed by atoms with Crippen molar-refractivity contribution in [3.8, 4) is 17.2 Å². The van der Waals surface area contributed by atoms with Crippen molar-refractivity contribution >= 4 is 23.6 Å². The minimum Gasteiger partial charge on any atom is -0.495 e. The van der Waals surface area contributed by atoms with E-state index in [9.17, 15) is 9.59 Å². The second-order valence-electron chi connectivity index (χ2n) is 5.53. The fourth-order valence-corrected chi connectivity index (χ4v) is 2.35. The molecular formula is C21H23NO6. The number of anilines is 1. The Balaban J connectivity index is 1.89. The average molecular weight is 385 g/mol. The number of rotatable bonds is 9. The smallest absolute Gasteiger partial charge is 0.331 e. The van der Waals surface area contributed by atoms with Gasteiger partial charge in [0.15, 0.2) is 18.1 Å². The molecule has 2 rings (SSSR count). The van der Waals surface area contributed by atoms with Crippen molar-refractivity contribution in [3.05, 3.63) is 54.1 Å². The first-order valence-corrected chi connectivity index (χ1v) is 8.66. The molecule has 0 radical (unpaired) electrons. The van der Waals surface area contributed by atoms with Gasteiger partial charge in [0.05, 0.1) is 26.5 Å². The molecule has 0 aliphatic carbocycles. The Hall–Kier alpha value is -3.48. The normalized spacial score (nSPS) is 10.4. The fraction of sp³-hybridized carbons (Fsp3) is 0.238. The molecule has 0 aliphatic heterocycles. The summed E-state index contributed by atoms with van der Waals surface area (Å²) in [5.74, 6) is 0.606. The lowest BCUT2D eigenvalue weighted by atomic mass is 10.2. The standard InChI is InChI=1S/C21H23NO6/c1-4-27-18-11-9-15(13-19(18)26-3)10-12-21(24)28-14-20(23)22-16-7-5-6-8-17(16)25-2/h5-13H,4,14H2,1-3H3,(H,22,23)/b12-10+. The summed E-state index contributed by atoms with van der Waals surface area (Å²) in [6.07, 6.45) is 2.81. The van der Waals surface area contributed by atoms with E-state index in [1.54, 1.807) is 55.7 Å². The summed E-state index contributed by atoms with van der Waals surface area (Å²) in [4.78, 5) is 23.8. The van der Waals surface area contributed by atoms with Gasteiger partial charge < -0.3 is 24.3 Å². The van der Waals surface area contributed by atoms with Crippen LogP contribution >= 0.6 is 0 Å². The van der Waals surface area contributed by atoms with E-state index in [2.05, 4.69) is 5.32 Å². The van der Waals surface area contributed by atoms with E-state index in [-0.39, 0.29) is 0 Å². The molecule has 148 valence electrons. The highest BCUT2D eigenvalue weighted by molar-refractivity contribution is 5.95. The Morgan fingerprint density at radius 1 is 1.00 bits per heavy atom. The van der Waals surface area contributed by atoms with Crippen LogP contribution in [0.5, 0.6) is 17.2 Å². The molecule has 0 atom stereocenters. The number of benzene rings is 2. The lowest BCUT2D eigenvalue weighted by Gasteiger charge is -2.10. The van der Waals surface area contributed by atoms with Gasteiger partial charge in [-0.2, -0.15) is 0 Å². The fourth-order valence-electron chi connectivity index (χ4n) is 2.35. The van der Waals surface area contributed by atoms with Gasteiger partial charge in [-0.1, -0.05) is 18.2 Å². The van der Waals surface area contributed by atoms with Gasteiger partial charge in [0.2, 0.25) is 0 Å². The van der Waals surface area contributed by atoms with Crippen molar-refractivity contribution in [2.45, 2.75) is 6.92 Å². The first-order valence-electron chi connectivity index (χ1n) is 8.66. The molecule has 0 bridgehead atoms. The molecule has 7 heteroatoms. The highest BCUT2D eigenvalue weighted by atomic mass is 16.5. The molecule has 0 saturated carbocycles. The van der Waals surface area contributed by atoms with Gasteiger partial charge in [-0.3, -0.25) is 4.79 Å². The maximum atomic E-state index is 11.9. The van der Waals surface area contributed by atoms with Crippen LogP contribution in [0.4, 0.5) is 5.69 Å². The zero-order valence-corrected chi connectivity index (χ0v) is 16.1. The maximum absolute atomic E-state index is 11.9. The van der Waals surface area contributed by atoms with Gasteiger partial charge in [0.25, 0.3) is 5.91 Å². The zero-order valence-electron chi connectivity index (χ0n) is 16.1. The molecule has 1 amide bonds. The number of para-hydroxylation sites is 2. The predicted octanol–water partition coefficient (Wildman–Crippen LogP) is 3.30. The van der Waals surface area contributed by atoms with Crippen LogP contribution in [0.1, 0.15) is 12.5 Å². The molecule has 2 aromatic rings. The van der Waals surface area contributed by atoms with E-state index in [0.29, 0.717) is 29.5 Å². The number of carbonyl (C=O) groups excluding carboxylic acids is 2. The highest BCUT2D eigenvalue weighted by Gasteiger charge is 2.09. The van der Waals surface area contributed by atoms with Crippen molar-refractivity contribution in [3.63, 3.8) is 0 Å². The summed E-state index contributed by atoms with van der Waals surface area (Å²) < 4.78 is 20.8. The first-order chi connectivity index (χ1) is 13.6. The molecule has 0 aromatic heterocycles. The second-order valence-corrected chi connectivity index (χ2v) is 5.53. The van der Waals surface area contributed by atoms with E-state index in [1.165, 1.54) is 13.2 Å². The average Bonchev–Trinajstić information content (AvgIpc) is 2.72. The third-order valence-electron chi connectivity index (χ3n) is 3.63. The van der Waals surface area contributed by atoms with E-state index in [0.717, 1.165) is 5.56 Å². The highest BCUT2D eigenvalue weighted by Crippen LogP contribution is 2.28. The molecule has 0 saturated heterocycles. The Morgan fingerprint density at radius 2 is 1.75 bits per heavy atom. The summed E-state index contributed by atoms with van der Waals surface area (Å²) in [6.45, 7) is 2.00. The van der Waals surface area contributed by atoms with Gasteiger partial charge in [0, 0.05) is 6.08 Å². The quantitative estimate of drug-likeness (QED) is 0.527. The van der Waals surface area contributed by atoms with Crippen LogP contribution in [0.25, 0.3) is 6.08 Å². The minimum atomic E-state index is -0.636. The van der Waals surface area contributed by atoms with Crippen LogP contribution in [-0.4, -0.2) is 39.3 Å². The van der Waals surface area contributed by atoms with Gasteiger partial charge in [-0.05, 0) is 42.8 Å². The molecule has 2 aromatic carbocycles. The Bertz CT molecular complexity index is 847. The summed E-state index contributed by atoms with van der Waals surface area (Å²) in [6, 6.07) is 12.2. The third-order valence-corrected chi connectivity index (χ3v) is 3.63. The van der Waals surface area contributed by atoms with E-state index in [1.807, 2.05) is 6.92 Å². The first kappa shape index (κ1) is 20.8. The number of amides is 1. The van der Waals surface area contributed by atoms with Gasteiger partial charge in [-0.25, -0.2) is 4.79 Å². The number of hydrogen-bond donors (Lipinski definition) is 1. The van der Waals surface area contributed by atoms with E-state index < -0.39 is 18.5 Å². The van der Waals surface area contributed by atoms with Crippen LogP contribution in [0, 0.1) is 0 Å². The Labute approximate surface area is 163 Å². The van der Waals surface area contributed by atoms with Crippen LogP contribution in [-0.2, 0) is 14.3 Å². The Kier molecular flexibility index (Phi) is 7.90. The van der Waals surface area contributed by atoms with Gasteiger partial charge in [-0.15, -0.1) is 0 Å². The Morgan fingerprint density at radius 3 is 2.46 bits per heavy atom. The summed E-state index contributed by atoms with van der Waals surface area (Å²) in [5.41, 5.74) is 1.24. The van der Waals surface area contributed by atoms with Crippen molar-refractivity contribution in [2.24, 2.45) is 0 Å². The lowest BCUT2D eigenvalue weighted by Crippen LogP contribution is -2.20. The third kappa shape index (κ3) is 6.05. The summed E-state index contributed by atoms with van der Waals surface area (Å²) in [7, 11) is 3.05. The molecule has 0 fully saturated rings. The molecule has 1 N–H and O–H groups in total. The van der Waals surface area contributed by atoms with Crippen LogP contribution < -0.4 is 19.5 Å². The van der Waals surface area contributed by atoms with Crippen LogP contribution in [0.15, 0.2) is 48.5 Å². The predicted molar refractivity (Wildman–Crippen MR) is 106 cm³/mol. The topological polar surface area (TPSA) is 83.1 Å². The number of ether oxygens (including phenoxy) is 4. The van der Waals surface area contributed by atoms with Gasteiger partial charge >= 0.3 is 5.97 Å². The van der Waals surface area contributed by atoms with Gasteiger partial charge in [0.1, 0.15) is 5.75 Å². The maximum Gasteiger partial charge on any atom is 0.331 e. The zero-order chi connectivity index (χ0) is 20.4. The second kappa shape index (κ2) is 10.6. The molecular weight excluding hydrogens is 362 g/mol. The number of carbonyl (C=O) groups is 2. The minimum absolute atomic E-state index is 0.409. The summed E-state index contributed by atoms with van der Waals surface area (Å²) in [5, 5.41) is 2.63. The van der Waals surface area contributed by atoms with Crippen molar-refractivity contribution in [2.75, 3.05) is 32.8 Å². The monoisotopic (exact) mass is 385 g/mol. The summed E-state index contributed by atoms with van der Waals surface area (Å²) >= 11 is 0. The molecule has 0 spiro atoms. The molecule has 0 aliphatic rings. The SMILES string of the molecule is CCOc1ccc(/C=C/C(=O)OCC(=O)Nc2ccccc2OC)cc1OC. The number of esters is 1.